The molecule has 5 nitrogen and oxygen atoms in total. The minimum atomic E-state index is 0.545. The lowest BCUT2D eigenvalue weighted by Crippen LogP contribution is -2.42. The van der Waals surface area contributed by atoms with Crippen molar-refractivity contribution in [3.05, 3.63) is 0 Å². The maximum absolute atomic E-state index is 5.27. The molecule has 5 heteroatoms. The molecular formula is C8H20N2O3. The molecule has 0 rings (SSSR count). The molecule has 0 aliphatic carbocycles. The summed E-state index contributed by atoms with van der Waals surface area (Å²) in [7, 11) is 0. The van der Waals surface area contributed by atoms with Crippen molar-refractivity contribution in [2.45, 2.75) is 27.7 Å². The van der Waals surface area contributed by atoms with E-state index in [-0.39, 0.29) is 0 Å². The SMILES string of the molecule is CCON(CC)N(OCC)OCC. The summed E-state index contributed by atoms with van der Waals surface area (Å²) in [5, 5.41) is 2.82. The van der Waals surface area contributed by atoms with Crippen molar-refractivity contribution in [3.63, 3.8) is 0 Å². The van der Waals surface area contributed by atoms with E-state index < -0.39 is 0 Å². The molecule has 0 aromatic carbocycles. The Labute approximate surface area is 80.0 Å². The fourth-order valence-corrected chi connectivity index (χ4v) is 0.790. The lowest BCUT2D eigenvalue weighted by molar-refractivity contribution is -0.529. The summed E-state index contributed by atoms with van der Waals surface area (Å²) in [4.78, 5) is 15.7. The van der Waals surface area contributed by atoms with Crippen LogP contribution in [0.4, 0.5) is 0 Å². The zero-order valence-electron chi connectivity index (χ0n) is 8.95. The molecule has 0 saturated carbocycles. The Kier molecular flexibility index (Phi) is 8.27. The van der Waals surface area contributed by atoms with Crippen molar-refractivity contribution in [2.24, 2.45) is 0 Å². The van der Waals surface area contributed by atoms with Gasteiger partial charge in [0, 0.05) is 11.9 Å². The molecule has 0 aromatic heterocycles. The van der Waals surface area contributed by atoms with Gasteiger partial charge in [-0.05, 0) is 27.7 Å². The predicted molar refractivity (Wildman–Crippen MR) is 49.1 cm³/mol. The van der Waals surface area contributed by atoms with Gasteiger partial charge in [0.05, 0.1) is 19.8 Å². The van der Waals surface area contributed by atoms with Crippen molar-refractivity contribution < 1.29 is 14.5 Å². The molecule has 0 saturated heterocycles. The molecule has 0 amide bonds. The van der Waals surface area contributed by atoms with Gasteiger partial charge in [-0.25, -0.2) is 0 Å². The highest BCUT2D eigenvalue weighted by Gasteiger charge is 2.14. The summed E-state index contributed by atoms with van der Waals surface area (Å²) in [6, 6.07) is 0. The number of nitrogens with zero attached hydrogens (tertiary/aromatic N) is 2. The molecule has 0 aliphatic rings. The van der Waals surface area contributed by atoms with Gasteiger partial charge in [-0.1, -0.05) is 5.17 Å². The first-order valence-electron chi connectivity index (χ1n) is 4.76. The molecule has 0 spiro atoms. The molecule has 0 heterocycles. The Bertz CT molecular complexity index is 108. The molecular weight excluding hydrogens is 172 g/mol. The van der Waals surface area contributed by atoms with Crippen LogP contribution < -0.4 is 0 Å². The lowest BCUT2D eigenvalue weighted by Gasteiger charge is -2.28. The van der Waals surface area contributed by atoms with E-state index in [9.17, 15) is 0 Å². The van der Waals surface area contributed by atoms with Gasteiger partial charge in [0.15, 0.2) is 0 Å². The molecule has 0 fully saturated rings. The van der Waals surface area contributed by atoms with Gasteiger partial charge in [-0.2, -0.15) is 0 Å². The van der Waals surface area contributed by atoms with Crippen molar-refractivity contribution in [3.8, 4) is 0 Å². The quantitative estimate of drug-likeness (QED) is 0.543. The first-order valence-corrected chi connectivity index (χ1v) is 4.76. The molecule has 0 unspecified atom stereocenters. The summed E-state index contributed by atoms with van der Waals surface area (Å²) in [6.07, 6.45) is 0. The second-order valence-corrected chi connectivity index (χ2v) is 2.16. The average molecular weight is 192 g/mol. The smallest absolute Gasteiger partial charge is 0.0699 e. The zero-order chi connectivity index (χ0) is 10.1. The van der Waals surface area contributed by atoms with Gasteiger partial charge in [0.2, 0.25) is 0 Å². The summed E-state index contributed by atoms with van der Waals surface area (Å²) >= 11 is 0. The lowest BCUT2D eigenvalue weighted by atomic mass is 10.8. The third-order valence-electron chi connectivity index (χ3n) is 1.21. The predicted octanol–water partition coefficient (Wildman–Crippen LogP) is 1.38. The largest absolute Gasteiger partial charge is 0.280 e. The summed E-state index contributed by atoms with van der Waals surface area (Å²) in [6.45, 7) is 10.0. The maximum Gasteiger partial charge on any atom is 0.0699 e. The topological polar surface area (TPSA) is 34.2 Å². The van der Waals surface area contributed by atoms with E-state index in [1.807, 2.05) is 27.7 Å². The van der Waals surface area contributed by atoms with Gasteiger partial charge >= 0.3 is 0 Å². The number of hydrogen-bond donors (Lipinski definition) is 0. The molecule has 80 valence electrons. The number of rotatable bonds is 8. The van der Waals surface area contributed by atoms with Crippen LogP contribution in [0.25, 0.3) is 0 Å². The van der Waals surface area contributed by atoms with Crippen LogP contribution in [0.15, 0.2) is 0 Å². The number of hydroxylamine groups is 1. The van der Waals surface area contributed by atoms with Crippen LogP contribution in [0.5, 0.6) is 0 Å². The second kappa shape index (κ2) is 8.40. The molecule has 0 N–H and O–H groups in total. The minimum Gasteiger partial charge on any atom is -0.280 e. The van der Waals surface area contributed by atoms with Crippen LogP contribution >= 0.6 is 0 Å². The van der Waals surface area contributed by atoms with Gasteiger partial charge < -0.3 is 0 Å². The van der Waals surface area contributed by atoms with Crippen LogP contribution in [0.2, 0.25) is 0 Å². The Morgan fingerprint density at radius 2 is 1.23 bits per heavy atom. The fourth-order valence-electron chi connectivity index (χ4n) is 0.790. The van der Waals surface area contributed by atoms with Gasteiger partial charge in [-0.15, -0.1) is 0 Å². The third kappa shape index (κ3) is 5.17. The average Bonchev–Trinajstić information content (AvgIpc) is 2.14. The molecule has 0 radical (unpaired) electrons. The van der Waals surface area contributed by atoms with Gasteiger partial charge in [0.25, 0.3) is 0 Å². The van der Waals surface area contributed by atoms with Crippen LogP contribution in [-0.2, 0) is 14.5 Å². The third-order valence-corrected chi connectivity index (χ3v) is 1.21. The van der Waals surface area contributed by atoms with Gasteiger partial charge in [-0.3, -0.25) is 14.5 Å². The highest BCUT2D eigenvalue weighted by molar-refractivity contribution is 4.22. The van der Waals surface area contributed by atoms with Crippen molar-refractivity contribution >= 4 is 0 Å². The van der Waals surface area contributed by atoms with Gasteiger partial charge in [0.1, 0.15) is 0 Å². The molecule has 13 heavy (non-hydrogen) atoms. The van der Waals surface area contributed by atoms with E-state index in [0.29, 0.717) is 26.4 Å². The second-order valence-electron chi connectivity index (χ2n) is 2.16. The normalized spacial score (nSPS) is 11.5. The molecule has 0 aliphatic heterocycles. The highest BCUT2D eigenvalue weighted by Crippen LogP contribution is 2.01. The fraction of sp³-hybridized carbons (Fsp3) is 1.00. The van der Waals surface area contributed by atoms with E-state index in [1.165, 1.54) is 10.5 Å². The molecule has 0 aromatic rings. The first kappa shape index (κ1) is 12.8. The monoisotopic (exact) mass is 192 g/mol. The first-order chi connectivity index (χ1) is 6.29. The number of hydrogen-bond acceptors (Lipinski definition) is 5. The molecule has 0 bridgehead atoms. The van der Waals surface area contributed by atoms with Crippen LogP contribution in [0, 0.1) is 0 Å². The van der Waals surface area contributed by atoms with Crippen LogP contribution in [0.3, 0.4) is 0 Å². The van der Waals surface area contributed by atoms with E-state index in [1.54, 1.807) is 0 Å². The number of hydrazine groups is 1. The van der Waals surface area contributed by atoms with E-state index in [2.05, 4.69) is 0 Å². The summed E-state index contributed by atoms with van der Waals surface area (Å²) < 4.78 is 0. The zero-order valence-corrected chi connectivity index (χ0v) is 8.95. The Balaban J connectivity index is 3.94. The maximum atomic E-state index is 5.27. The van der Waals surface area contributed by atoms with Crippen LogP contribution in [0.1, 0.15) is 27.7 Å². The summed E-state index contributed by atoms with van der Waals surface area (Å²) in [5.74, 6) is 0. The van der Waals surface area contributed by atoms with Crippen molar-refractivity contribution in [1.82, 2.24) is 10.5 Å². The van der Waals surface area contributed by atoms with Crippen LogP contribution in [-0.4, -0.2) is 36.9 Å². The van der Waals surface area contributed by atoms with E-state index in [4.69, 9.17) is 14.5 Å². The Morgan fingerprint density at radius 3 is 1.54 bits per heavy atom. The van der Waals surface area contributed by atoms with Crippen molar-refractivity contribution in [1.29, 1.82) is 0 Å². The summed E-state index contributed by atoms with van der Waals surface area (Å²) in [5.41, 5.74) is 0. The standard InChI is InChI=1S/C8H20N2O3/c1-5-9(11-6-2)10(12-7-3)13-8-4/h5-8H2,1-4H3. The van der Waals surface area contributed by atoms with E-state index >= 15 is 0 Å². The Morgan fingerprint density at radius 1 is 0.769 bits per heavy atom. The highest BCUT2D eigenvalue weighted by atomic mass is 17.0. The Hall–Kier alpha value is -0.200. The minimum absolute atomic E-state index is 0.545. The molecule has 0 atom stereocenters. The van der Waals surface area contributed by atoms with Crippen molar-refractivity contribution in [2.75, 3.05) is 26.4 Å². The van der Waals surface area contributed by atoms with E-state index in [0.717, 1.165) is 0 Å².